The van der Waals surface area contributed by atoms with Gasteiger partial charge in [-0.05, 0) is 30.3 Å². The highest BCUT2D eigenvalue weighted by Gasteiger charge is 2.55. The molecule has 0 radical (unpaired) electrons. The molecule has 4 rings (SSSR count). The lowest BCUT2D eigenvalue weighted by Gasteiger charge is -2.20. The molecule has 148 valence electrons. The van der Waals surface area contributed by atoms with E-state index in [9.17, 15) is 23.2 Å². The Morgan fingerprint density at radius 3 is 2.66 bits per heavy atom. The van der Waals surface area contributed by atoms with Gasteiger partial charge >= 0.3 is 0 Å². The smallest absolute Gasteiger partial charge is 0.263 e. The third-order valence-electron chi connectivity index (χ3n) is 4.44. The number of nitrogens with one attached hydrogen (secondary N) is 1. The van der Waals surface area contributed by atoms with E-state index in [2.05, 4.69) is 15.7 Å². The van der Waals surface area contributed by atoms with Crippen LogP contribution in [0.5, 0.6) is 0 Å². The van der Waals surface area contributed by atoms with Crippen molar-refractivity contribution in [1.82, 2.24) is 5.01 Å². The summed E-state index contributed by atoms with van der Waals surface area (Å²) in [6.07, 6.45) is 0. The van der Waals surface area contributed by atoms with Crippen LogP contribution in [0.25, 0.3) is 0 Å². The molecule has 0 saturated carbocycles. The van der Waals surface area contributed by atoms with E-state index in [4.69, 9.17) is 11.6 Å². The Hall–Kier alpha value is -3.40. The van der Waals surface area contributed by atoms with Crippen molar-refractivity contribution in [2.24, 2.45) is 10.3 Å². The zero-order chi connectivity index (χ0) is 20.7. The van der Waals surface area contributed by atoms with Gasteiger partial charge in [-0.25, -0.2) is 13.7 Å². The number of halogens is 3. The number of imide groups is 1. The Kier molecular flexibility index (Phi) is 4.71. The molecule has 2 aromatic rings. The average Bonchev–Trinajstić information content (AvgIpc) is 3.17. The summed E-state index contributed by atoms with van der Waals surface area (Å²) in [5.41, 5.74) is 0.0633. The maximum absolute atomic E-state index is 13.7. The van der Waals surface area contributed by atoms with Gasteiger partial charge in [-0.15, -0.1) is 0 Å². The van der Waals surface area contributed by atoms with Crippen LogP contribution in [0.3, 0.4) is 0 Å². The number of nitrogens with zero attached hydrogens (tertiary/aromatic N) is 4. The van der Waals surface area contributed by atoms with E-state index in [0.717, 1.165) is 22.0 Å². The van der Waals surface area contributed by atoms with Crippen LogP contribution >= 0.6 is 11.6 Å². The molecule has 2 heterocycles. The topological polar surface area (TPSA) is 94.4 Å². The molecule has 2 aromatic carbocycles. The summed E-state index contributed by atoms with van der Waals surface area (Å²) in [5, 5.41) is 11.2. The molecule has 29 heavy (non-hydrogen) atoms. The highest BCUT2D eigenvalue weighted by Crippen LogP contribution is 2.32. The quantitative estimate of drug-likeness (QED) is 0.770. The molecule has 0 spiro atoms. The van der Waals surface area contributed by atoms with E-state index >= 15 is 0 Å². The first-order valence-electron chi connectivity index (χ1n) is 8.41. The highest BCUT2D eigenvalue weighted by atomic mass is 35.5. The van der Waals surface area contributed by atoms with E-state index in [0.29, 0.717) is 11.1 Å². The maximum atomic E-state index is 13.7. The summed E-state index contributed by atoms with van der Waals surface area (Å²) in [7, 11) is 0. The van der Waals surface area contributed by atoms with Crippen molar-refractivity contribution in [3.63, 3.8) is 0 Å². The minimum absolute atomic E-state index is 0.224. The monoisotopic (exact) mass is 419 g/mol. The van der Waals surface area contributed by atoms with Crippen LogP contribution in [0.4, 0.5) is 20.2 Å². The molecular weight excluding hydrogens is 408 g/mol. The van der Waals surface area contributed by atoms with Gasteiger partial charge in [0.25, 0.3) is 11.8 Å². The number of carbonyl (C=O) groups is 3. The molecule has 2 aliphatic rings. The first kappa shape index (κ1) is 18.9. The van der Waals surface area contributed by atoms with Gasteiger partial charge in [0.15, 0.2) is 12.1 Å². The van der Waals surface area contributed by atoms with E-state index in [1.54, 1.807) is 18.2 Å². The Morgan fingerprint density at radius 1 is 1.14 bits per heavy atom. The van der Waals surface area contributed by atoms with Crippen molar-refractivity contribution in [3.8, 4) is 0 Å². The summed E-state index contributed by atoms with van der Waals surface area (Å²) >= 11 is 5.93. The fraction of sp³-hybridized carbons (Fsp3) is 0.167. The Morgan fingerprint density at radius 2 is 1.93 bits per heavy atom. The van der Waals surface area contributed by atoms with Crippen LogP contribution in [0.2, 0.25) is 5.02 Å². The van der Waals surface area contributed by atoms with Crippen molar-refractivity contribution < 1.29 is 23.2 Å². The largest absolute Gasteiger partial charge is 0.322 e. The standard InChI is InChI=1S/C18H12ClF2N5O3/c19-9-2-1-3-11(6-9)26-17(28)15-16(18(26)29)25(24-23-15)8-14(27)22-13-5-4-10(20)7-12(13)21/h1-7,15-16H,8H2,(H,22,27)/t15-,16-/m0/s1. The number of benzene rings is 2. The second-order valence-electron chi connectivity index (χ2n) is 6.36. The van der Waals surface area contributed by atoms with Crippen LogP contribution < -0.4 is 10.2 Å². The zero-order valence-electron chi connectivity index (χ0n) is 14.6. The van der Waals surface area contributed by atoms with Crippen molar-refractivity contribution >= 4 is 40.7 Å². The van der Waals surface area contributed by atoms with E-state index in [1.165, 1.54) is 6.07 Å². The van der Waals surface area contributed by atoms with Crippen molar-refractivity contribution in [3.05, 3.63) is 59.1 Å². The molecule has 1 saturated heterocycles. The third kappa shape index (κ3) is 3.42. The molecule has 8 nitrogen and oxygen atoms in total. The predicted molar refractivity (Wildman–Crippen MR) is 98.1 cm³/mol. The van der Waals surface area contributed by atoms with Crippen LogP contribution in [0.1, 0.15) is 0 Å². The van der Waals surface area contributed by atoms with Crippen LogP contribution in [-0.2, 0) is 14.4 Å². The summed E-state index contributed by atoms with van der Waals surface area (Å²) < 4.78 is 26.7. The Labute approximate surface area is 167 Å². The summed E-state index contributed by atoms with van der Waals surface area (Å²) in [5.74, 6) is -3.63. The van der Waals surface area contributed by atoms with Crippen LogP contribution in [0, 0.1) is 11.6 Å². The normalized spacial score (nSPS) is 20.4. The average molecular weight is 420 g/mol. The first-order chi connectivity index (χ1) is 13.8. The molecule has 0 aromatic heterocycles. The van der Waals surface area contributed by atoms with Gasteiger partial charge in [-0.1, -0.05) is 22.9 Å². The maximum Gasteiger partial charge on any atom is 0.263 e. The second-order valence-corrected chi connectivity index (χ2v) is 6.79. The Balaban J connectivity index is 1.49. The van der Waals surface area contributed by atoms with Crippen LogP contribution in [0.15, 0.2) is 52.8 Å². The van der Waals surface area contributed by atoms with Crippen LogP contribution in [-0.4, -0.2) is 41.4 Å². The molecule has 11 heteroatoms. The van der Waals surface area contributed by atoms with E-state index < -0.39 is 48.0 Å². The lowest BCUT2D eigenvalue weighted by Crippen LogP contribution is -2.43. The molecule has 1 fully saturated rings. The van der Waals surface area contributed by atoms with Gasteiger partial charge in [-0.3, -0.25) is 19.4 Å². The number of rotatable bonds is 4. The first-order valence-corrected chi connectivity index (χ1v) is 8.78. The third-order valence-corrected chi connectivity index (χ3v) is 4.67. The number of anilines is 2. The van der Waals surface area contributed by atoms with E-state index in [1.807, 2.05) is 0 Å². The molecule has 0 unspecified atom stereocenters. The second kappa shape index (κ2) is 7.21. The predicted octanol–water partition coefficient (Wildman–Crippen LogP) is 2.55. The van der Waals surface area contributed by atoms with Crippen molar-refractivity contribution in [2.45, 2.75) is 12.1 Å². The molecule has 1 N–H and O–H groups in total. The number of hydrogen-bond acceptors (Lipinski definition) is 6. The van der Waals surface area contributed by atoms with Gasteiger partial charge in [0.05, 0.1) is 11.4 Å². The Bertz CT molecular complexity index is 1060. The summed E-state index contributed by atoms with van der Waals surface area (Å²) in [6, 6.07) is 6.72. The SMILES string of the molecule is O=C(CN1N=N[C@@H]2C(=O)N(c3cccc(Cl)c3)C(=O)[C@H]21)Nc1ccc(F)cc1F. The molecule has 3 amide bonds. The zero-order valence-corrected chi connectivity index (χ0v) is 15.3. The molecule has 2 atom stereocenters. The van der Waals surface area contributed by atoms with Gasteiger partial charge < -0.3 is 5.32 Å². The fourth-order valence-corrected chi connectivity index (χ4v) is 3.34. The summed E-state index contributed by atoms with van der Waals surface area (Å²) in [6.45, 7) is -0.454. The van der Waals surface area contributed by atoms with Gasteiger partial charge in [0, 0.05) is 11.1 Å². The van der Waals surface area contributed by atoms with Crippen molar-refractivity contribution in [1.29, 1.82) is 0 Å². The van der Waals surface area contributed by atoms with Gasteiger partial charge in [-0.2, -0.15) is 5.11 Å². The molecular formula is C18H12ClF2N5O3. The molecule has 0 bridgehead atoms. The fourth-order valence-electron chi connectivity index (χ4n) is 3.15. The molecule has 0 aliphatic carbocycles. The minimum Gasteiger partial charge on any atom is -0.322 e. The van der Waals surface area contributed by atoms with Gasteiger partial charge in [0.1, 0.15) is 18.2 Å². The minimum atomic E-state index is -1.09. The number of carbonyl (C=O) groups excluding carboxylic acids is 3. The lowest BCUT2D eigenvalue weighted by molar-refractivity contribution is -0.123. The summed E-state index contributed by atoms with van der Waals surface area (Å²) in [4.78, 5) is 38.6. The van der Waals surface area contributed by atoms with E-state index in [-0.39, 0.29) is 11.4 Å². The number of hydrogen-bond donors (Lipinski definition) is 1. The van der Waals surface area contributed by atoms with Gasteiger partial charge in [0.2, 0.25) is 5.91 Å². The number of fused-ring (bicyclic) bond motifs is 1. The number of amides is 3. The molecule has 2 aliphatic heterocycles. The lowest BCUT2D eigenvalue weighted by atomic mass is 10.1. The van der Waals surface area contributed by atoms with Crippen molar-refractivity contribution in [2.75, 3.05) is 16.8 Å². The highest BCUT2D eigenvalue weighted by molar-refractivity contribution is 6.31.